The zero-order valence-corrected chi connectivity index (χ0v) is 15.1. The van der Waals surface area contributed by atoms with Crippen LogP contribution in [0.25, 0.3) is 0 Å². The highest BCUT2D eigenvalue weighted by Gasteiger charge is 2.30. The lowest BCUT2D eigenvalue weighted by molar-refractivity contribution is -0.132. The highest BCUT2D eigenvalue weighted by molar-refractivity contribution is 7.99. The number of benzene rings is 2. The lowest BCUT2D eigenvalue weighted by atomic mass is 10.1. The summed E-state index contributed by atoms with van der Waals surface area (Å²) in [6, 6.07) is 14.3. The molecular weight excluding hydrogens is 334 g/mol. The average molecular weight is 355 g/mol. The molecule has 1 atom stereocenters. The van der Waals surface area contributed by atoms with Crippen LogP contribution in [0.1, 0.15) is 28.5 Å². The van der Waals surface area contributed by atoms with Crippen molar-refractivity contribution in [2.45, 2.75) is 24.8 Å². The maximum absolute atomic E-state index is 12.6. The minimum atomic E-state index is 0.0540. The summed E-state index contributed by atoms with van der Waals surface area (Å²) in [5.41, 5.74) is 3.52. The summed E-state index contributed by atoms with van der Waals surface area (Å²) in [5, 5.41) is 0.0540. The van der Waals surface area contributed by atoms with Gasteiger partial charge in [0.25, 0.3) is 0 Å². The monoisotopic (exact) mass is 355 g/mol. The Bertz CT molecular complexity index is 792. The third-order valence-corrected chi connectivity index (χ3v) is 5.96. The number of amides is 1. The van der Waals surface area contributed by atoms with Gasteiger partial charge in [-0.2, -0.15) is 0 Å². The van der Waals surface area contributed by atoms with Gasteiger partial charge in [-0.1, -0.05) is 18.2 Å². The molecule has 4 nitrogen and oxygen atoms in total. The molecule has 130 valence electrons. The topological polar surface area (TPSA) is 38.8 Å². The average Bonchev–Trinajstić information content (AvgIpc) is 3.11. The van der Waals surface area contributed by atoms with Crippen LogP contribution >= 0.6 is 11.8 Å². The Labute approximate surface area is 152 Å². The third-order valence-electron chi connectivity index (χ3n) is 4.68. The van der Waals surface area contributed by atoms with E-state index in [0.717, 1.165) is 35.8 Å². The van der Waals surface area contributed by atoms with E-state index in [0.29, 0.717) is 13.0 Å². The van der Waals surface area contributed by atoms with E-state index in [-0.39, 0.29) is 11.3 Å². The van der Waals surface area contributed by atoms with Crippen molar-refractivity contribution in [3.63, 3.8) is 0 Å². The van der Waals surface area contributed by atoms with Crippen LogP contribution < -0.4 is 9.47 Å². The van der Waals surface area contributed by atoms with Crippen LogP contribution in [0, 0.1) is 0 Å². The molecule has 25 heavy (non-hydrogen) atoms. The van der Waals surface area contributed by atoms with Gasteiger partial charge in [-0.3, -0.25) is 4.79 Å². The first-order chi connectivity index (χ1) is 12.2. The molecule has 2 heterocycles. The summed E-state index contributed by atoms with van der Waals surface area (Å²) in [5.74, 6) is 2.88. The molecular formula is C20H21NO3S. The molecule has 1 saturated heterocycles. The second-order valence-electron chi connectivity index (χ2n) is 6.31. The summed E-state index contributed by atoms with van der Waals surface area (Å²) in [6.07, 6.45) is 1.55. The van der Waals surface area contributed by atoms with Gasteiger partial charge in [0.15, 0.2) is 0 Å². The van der Waals surface area contributed by atoms with Gasteiger partial charge in [0.05, 0.1) is 13.7 Å². The minimum Gasteiger partial charge on any atom is -0.497 e. The third kappa shape index (κ3) is 3.33. The molecule has 0 N–H and O–H groups in total. The first kappa shape index (κ1) is 16.3. The van der Waals surface area contributed by atoms with Crippen LogP contribution in [-0.2, 0) is 17.8 Å². The molecule has 4 rings (SSSR count). The van der Waals surface area contributed by atoms with Gasteiger partial charge in [-0.25, -0.2) is 0 Å². The van der Waals surface area contributed by atoms with Crippen molar-refractivity contribution in [3.8, 4) is 11.5 Å². The van der Waals surface area contributed by atoms with E-state index in [1.54, 1.807) is 7.11 Å². The van der Waals surface area contributed by atoms with Crippen LogP contribution in [0.15, 0.2) is 42.5 Å². The summed E-state index contributed by atoms with van der Waals surface area (Å²) in [6.45, 7) is 1.35. The maximum atomic E-state index is 12.6. The molecule has 1 unspecified atom stereocenters. The molecule has 0 aromatic heterocycles. The predicted molar refractivity (Wildman–Crippen MR) is 99.0 cm³/mol. The van der Waals surface area contributed by atoms with Crippen molar-refractivity contribution in [2.24, 2.45) is 0 Å². The first-order valence-corrected chi connectivity index (χ1v) is 9.59. The number of thioether (sulfide) groups is 1. The van der Waals surface area contributed by atoms with Crippen molar-refractivity contribution in [1.29, 1.82) is 0 Å². The lowest BCUT2D eigenvalue weighted by Gasteiger charge is -2.35. The highest BCUT2D eigenvalue weighted by atomic mass is 32.2. The smallest absolute Gasteiger partial charge is 0.224 e. The van der Waals surface area contributed by atoms with Gasteiger partial charge < -0.3 is 14.4 Å². The Kier molecular flexibility index (Phi) is 4.57. The highest BCUT2D eigenvalue weighted by Crippen LogP contribution is 2.40. The molecule has 2 aromatic rings. The molecule has 0 spiro atoms. The van der Waals surface area contributed by atoms with Gasteiger partial charge in [0.2, 0.25) is 5.91 Å². The fraction of sp³-hybridized carbons (Fsp3) is 0.350. The normalized spacial score (nSPS) is 19.5. The van der Waals surface area contributed by atoms with E-state index < -0.39 is 0 Å². The zero-order valence-electron chi connectivity index (χ0n) is 14.2. The number of ether oxygens (including phenoxy) is 2. The van der Waals surface area contributed by atoms with Crippen molar-refractivity contribution in [3.05, 3.63) is 59.2 Å². The SMILES string of the molecule is COc1cccc(CN2C(=O)CCSC2c2ccc3c(c2)CCO3)c1. The molecule has 1 amide bonds. The van der Waals surface area contributed by atoms with Gasteiger partial charge in [-0.15, -0.1) is 11.8 Å². The molecule has 2 aliphatic heterocycles. The summed E-state index contributed by atoms with van der Waals surface area (Å²) >= 11 is 1.84. The van der Waals surface area contributed by atoms with E-state index in [4.69, 9.17) is 9.47 Å². The van der Waals surface area contributed by atoms with Crippen LogP contribution in [0.3, 0.4) is 0 Å². The Morgan fingerprint density at radius 1 is 1.24 bits per heavy atom. The number of nitrogens with zero attached hydrogens (tertiary/aromatic N) is 1. The van der Waals surface area contributed by atoms with Crippen LogP contribution in [0.4, 0.5) is 0 Å². The summed E-state index contributed by atoms with van der Waals surface area (Å²) in [7, 11) is 1.66. The van der Waals surface area contributed by atoms with E-state index >= 15 is 0 Å². The molecule has 0 aliphatic carbocycles. The van der Waals surface area contributed by atoms with E-state index in [1.807, 2.05) is 47.0 Å². The standard InChI is InChI=1S/C20H21NO3S/c1-23-17-4-2-3-14(11-17)13-21-19(22)8-10-25-20(21)16-5-6-18-15(12-16)7-9-24-18/h2-6,11-12,20H,7-10,13H2,1H3. The van der Waals surface area contributed by atoms with Crippen LogP contribution in [-0.4, -0.2) is 30.3 Å². The summed E-state index contributed by atoms with van der Waals surface area (Å²) in [4.78, 5) is 14.6. The Balaban J connectivity index is 1.62. The first-order valence-electron chi connectivity index (χ1n) is 8.54. The Morgan fingerprint density at radius 2 is 2.16 bits per heavy atom. The number of fused-ring (bicyclic) bond motifs is 1. The fourth-order valence-corrected chi connectivity index (χ4v) is 4.62. The van der Waals surface area contributed by atoms with E-state index in [1.165, 1.54) is 11.1 Å². The van der Waals surface area contributed by atoms with Crippen LogP contribution in [0.5, 0.6) is 11.5 Å². The van der Waals surface area contributed by atoms with Gasteiger partial charge in [-0.05, 0) is 41.0 Å². The molecule has 0 saturated carbocycles. The number of carbonyl (C=O) groups excluding carboxylic acids is 1. The number of methoxy groups -OCH3 is 1. The minimum absolute atomic E-state index is 0.0540. The van der Waals surface area contributed by atoms with Gasteiger partial charge >= 0.3 is 0 Å². The van der Waals surface area contributed by atoms with Crippen molar-refractivity contribution >= 4 is 17.7 Å². The molecule has 0 radical (unpaired) electrons. The largest absolute Gasteiger partial charge is 0.497 e. The number of rotatable bonds is 4. The van der Waals surface area contributed by atoms with Crippen molar-refractivity contribution < 1.29 is 14.3 Å². The van der Waals surface area contributed by atoms with E-state index in [2.05, 4.69) is 12.1 Å². The number of hydrogen-bond donors (Lipinski definition) is 0. The molecule has 2 aromatic carbocycles. The molecule has 1 fully saturated rings. The van der Waals surface area contributed by atoms with Gasteiger partial charge in [0, 0.05) is 25.1 Å². The predicted octanol–water partition coefficient (Wildman–Crippen LogP) is 3.79. The van der Waals surface area contributed by atoms with Crippen LogP contribution in [0.2, 0.25) is 0 Å². The molecule has 0 bridgehead atoms. The maximum Gasteiger partial charge on any atom is 0.224 e. The zero-order chi connectivity index (χ0) is 17.2. The number of hydrogen-bond acceptors (Lipinski definition) is 4. The quantitative estimate of drug-likeness (QED) is 0.836. The van der Waals surface area contributed by atoms with E-state index in [9.17, 15) is 4.79 Å². The Morgan fingerprint density at radius 3 is 3.04 bits per heavy atom. The number of carbonyl (C=O) groups is 1. The Hall–Kier alpha value is -2.14. The van der Waals surface area contributed by atoms with Crippen molar-refractivity contribution in [2.75, 3.05) is 19.5 Å². The summed E-state index contributed by atoms with van der Waals surface area (Å²) < 4.78 is 10.9. The fourth-order valence-electron chi connectivity index (χ4n) is 3.40. The lowest BCUT2D eigenvalue weighted by Crippen LogP contribution is -2.36. The van der Waals surface area contributed by atoms with Crippen molar-refractivity contribution in [1.82, 2.24) is 4.90 Å². The molecule has 2 aliphatic rings. The second-order valence-corrected chi connectivity index (χ2v) is 7.50. The second kappa shape index (κ2) is 7.00. The van der Waals surface area contributed by atoms with Gasteiger partial charge in [0.1, 0.15) is 16.9 Å². The molecule has 5 heteroatoms.